The quantitative estimate of drug-likeness (QED) is 0.139. The van der Waals surface area contributed by atoms with E-state index in [0.29, 0.717) is 18.1 Å². The van der Waals surface area contributed by atoms with Crippen molar-refractivity contribution in [1.29, 1.82) is 0 Å². The first kappa shape index (κ1) is 25.0. The molecule has 0 aliphatic heterocycles. The van der Waals surface area contributed by atoms with Gasteiger partial charge >= 0.3 is 5.97 Å². The minimum Gasteiger partial charge on any atom is -0.423 e. The van der Waals surface area contributed by atoms with E-state index in [9.17, 15) is 18.0 Å². The van der Waals surface area contributed by atoms with Crippen LogP contribution < -0.4 is 4.74 Å². The van der Waals surface area contributed by atoms with Crippen molar-refractivity contribution >= 4 is 5.97 Å². The van der Waals surface area contributed by atoms with E-state index in [0.717, 1.165) is 17.0 Å². The second-order valence-corrected chi connectivity index (χ2v) is 9.50. The molecule has 184 valence electrons. The van der Waals surface area contributed by atoms with Crippen molar-refractivity contribution in [2.75, 3.05) is 0 Å². The number of carbonyl (C=O) groups is 1. The summed E-state index contributed by atoms with van der Waals surface area (Å²) in [5, 5.41) is 0. The first-order valence-electron chi connectivity index (χ1n) is 12.5. The van der Waals surface area contributed by atoms with Crippen LogP contribution in [0.4, 0.5) is 13.2 Å². The molecule has 1 saturated carbocycles. The Hall–Kier alpha value is -3.08. The standard InChI is InChI=1S/C30H31F3O2/c1-2-3-4-5-20-6-8-21(9-7-20)22-10-12-23(13-11-22)24-14-16-25(17-15-24)30(34)35-26-18-27(31)29(33)28(32)19-26/h10-21H,2-9H2,1H3. The van der Waals surface area contributed by atoms with Gasteiger partial charge in [0.25, 0.3) is 0 Å². The van der Waals surface area contributed by atoms with Gasteiger partial charge in [-0.15, -0.1) is 0 Å². The minimum atomic E-state index is -1.60. The summed E-state index contributed by atoms with van der Waals surface area (Å²) in [6, 6.07) is 16.7. The molecule has 3 aromatic rings. The summed E-state index contributed by atoms with van der Waals surface area (Å²) in [5.74, 6) is -4.06. The fourth-order valence-electron chi connectivity index (χ4n) is 4.97. The molecule has 5 heteroatoms. The molecule has 4 rings (SSSR count). The van der Waals surface area contributed by atoms with E-state index in [1.54, 1.807) is 24.3 Å². The van der Waals surface area contributed by atoms with Crippen molar-refractivity contribution in [3.63, 3.8) is 0 Å². The van der Waals surface area contributed by atoms with Crippen LogP contribution in [-0.2, 0) is 0 Å². The number of esters is 1. The monoisotopic (exact) mass is 480 g/mol. The van der Waals surface area contributed by atoms with Gasteiger partial charge in [-0.05, 0) is 66.3 Å². The molecule has 1 aliphatic carbocycles. The Morgan fingerprint density at radius 2 is 1.40 bits per heavy atom. The number of unbranched alkanes of at least 4 members (excludes halogenated alkanes) is 2. The highest BCUT2D eigenvalue weighted by molar-refractivity contribution is 5.91. The van der Waals surface area contributed by atoms with Crippen LogP contribution in [0.25, 0.3) is 11.1 Å². The van der Waals surface area contributed by atoms with Crippen molar-refractivity contribution in [2.24, 2.45) is 5.92 Å². The summed E-state index contributed by atoms with van der Waals surface area (Å²) < 4.78 is 44.8. The van der Waals surface area contributed by atoms with E-state index in [1.807, 2.05) is 0 Å². The van der Waals surface area contributed by atoms with Gasteiger partial charge < -0.3 is 4.74 Å². The lowest BCUT2D eigenvalue weighted by atomic mass is 9.77. The molecule has 0 aromatic heterocycles. The Kier molecular flexibility index (Phi) is 8.27. The number of halogens is 3. The maximum Gasteiger partial charge on any atom is 0.343 e. The summed E-state index contributed by atoms with van der Waals surface area (Å²) in [6.07, 6.45) is 10.5. The predicted molar refractivity (Wildman–Crippen MR) is 132 cm³/mol. The molecule has 1 fully saturated rings. The van der Waals surface area contributed by atoms with Gasteiger partial charge in [-0.25, -0.2) is 18.0 Å². The van der Waals surface area contributed by atoms with E-state index >= 15 is 0 Å². The number of benzene rings is 3. The number of hydrogen-bond donors (Lipinski definition) is 0. The van der Waals surface area contributed by atoms with Crippen molar-refractivity contribution in [1.82, 2.24) is 0 Å². The highest BCUT2D eigenvalue weighted by Gasteiger charge is 2.22. The Labute approximate surface area is 205 Å². The topological polar surface area (TPSA) is 26.3 Å². The van der Waals surface area contributed by atoms with Crippen LogP contribution in [0.3, 0.4) is 0 Å². The molecule has 35 heavy (non-hydrogen) atoms. The second-order valence-electron chi connectivity index (χ2n) is 9.50. The summed E-state index contributed by atoms with van der Waals surface area (Å²) in [5.41, 5.74) is 3.61. The lowest BCUT2D eigenvalue weighted by Gasteiger charge is -2.29. The van der Waals surface area contributed by atoms with E-state index in [4.69, 9.17) is 4.74 Å². The zero-order valence-corrected chi connectivity index (χ0v) is 20.0. The van der Waals surface area contributed by atoms with E-state index in [2.05, 4.69) is 31.2 Å². The van der Waals surface area contributed by atoms with Crippen molar-refractivity contribution in [3.8, 4) is 16.9 Å². The first-order valence-corrected chi connectivity index (χ1v) is 12.5. The van der Waals surface area contributed by atoms with E-state index < -0.39 is 23.4 Å². The van der Waals surface area contributed by atoms with Crippen molar-refractivity contribution in [3.05, 3.63) is 89.2 Å². The summed E-state index contributed by atoms with van der Waals surface area (Å²) >= 11 is 0. The summed E-state index contributed by atoms with van der Waals surface area (Å²) in [4.78, 5) is 12.3. The maximum atomic E-state index is 13.3. The number of rotatable bonds is 8. The molecule has 0 atom stereocenters. The fraction of sp³-hybridized carbons (Fsp3) is 0.367. The molecule has 0 spiro atoms. The minimum absolute atomic E-state index is 0.228. The Balaban J connectivity index is 1.34. The Bertz CT molecular complexity index is 1110. The highest BCUT2D eigenvalue weighted by Crippen LogP contribution is 2.38. The lowest BCUT2D eigenvalue weighted by Crippen LogP contribution is -2.13. The number of carbonyl (C=O) groups excluding carboxylic acids is 1. The molecule has 0 heterocycles. The molecule has 3 aromatic carbocycles. The molecule has 0 unspecified atom stereocenters. The SMILES string of the molecule is CCCCCC1CCC(c2ccc(-c3ccc(C(=O)Oc4cc(F)c(F)c(F)c4)cc3)cc2)CC1. The van der Waals surface area contributed by atoms with Crippen LogP contribution in [0.5, 0.6) is 5.75 Å². The molecular weight excluding hydrogens is 449 g/mol. The molecular formula is C30H31F3O2. The van der Waals surface area contributed by atoms with Gasteiger partial charge in [0.05, 0.1) is 5.56 Å². The Morgan fingerprint density at radius 3 is 1.97 bits per heavy atom. The normalized spacial score (nSPS) is 17.8. The van der Waals surface area contributed by atoms with Crippen LogP contribution in [-0.4, -0.2) is 5.97 Å². The molecule has 2 nitrogen and oxygen atoms in total. The van der Waals surface area contributed by atoms with Crippen LogP contribution in [0.15, 0.2) is 60.7 Å². The smallest absolute Gasteiger partial charge is 0.343 e. The zero-order chi connectivity index (χ0) is 24.8. The molecule has 1 aliphatic rings. The van der Waals surface area contributed by atoms with Crippen molar-refractivity contribution in [2.45, 2.75) is 64.2 Å². The van der Waals surface area contributed by atoms with Crippen LogP contribution in [0, 0.1) is 23.4 Å². The fourth-order valence-corrected chi connectivity index (χ4v) is 4.97. The van der Waals surface area contributed by atoms with Gasteiger partial charge in [-0.1, -0.05) is 69.0 Å². The molecule has 0 N–H and O–H groups in total. The third-order valence-electron chi connectivity index (χ3n) is 7.07. The first-order chi connectivity index (χ1) is 16.9. The second kappa shape index (κ2) is 11.6. The average molecular weight is 481 g/mol. The average Bonchev–Trinajstić information content (AvgIpc) is 2.88. The molecule has 0 bridgehead atoms. The van der Waals surface area contributed by atoms with Crippen LogP contribution in [0.2, 0.25) is 0 Å². The Morgan fingerprint density at radius 1 is 0.829 bits per heavy atom. The van der Waals surface area contributed by atoms with Crippen LogP contribution >= 0.6 is 0 Å². The van der Waals surface area contributed by atoms with Gasteiger partial charge in [-0.3, -0.25) is 0 Å². The van der Waals surface area contributed by atoms with Gasteiger partial charge in [0.15, 0.2) is 17.5 Å². The largest absolute Gasteiger partial charge is 0.423 e. The third-order valence-corrected chi connectivity index (χ3v) is 7.07. The van der Waals surface area contributed by atoms with E-state index in [-0.39, 0.29) is 11.3 Å². The van der Waals surface area contributed by atoms with Gasteiger partial charge in [0.2, 0.25) is 0 Å². The number of ether oxygens (including phenoxy) is 1. The van der Waals surface area contributed by atoms with E-state index in [1.165, 1.54) is 56.9 Å². The molecule has 0 amide bonds. The maximum absolute atomic E-state index is 13.3. The summed E-state index contributed by atoms with van der Waals surface area (Å²) in [7, 11) is 0. The predicted octanol–water partition coefficient (Wildman–Crippen LogP) is 8.84. The van der Waals surface area contributed by atoms with Crippen LogP contribution in [0.1, 0.15) is 80.1 Å². The number of hydrogen-bond acceptors (Lipinski definition) is 2. The van der Waals surface area contributed by atoms with Crippen molar-refractivity contribution < 1.29 is 22.7 Å². The lowest BCUT2D eigenvalue weighted by molar-refractivity contribution is 0.0733. The zero-order valence-electron chi connectivity index (χ0n) is 20.0. The van der Waals surface area contributed by atoms with Gasteiger partial charge in [-0.2, -0.15) is 0 Å². The molecule has 0 radical (unpaired) electrons. The highest BCUT2D eigenvalue weighted by atomic mass is 19.2. The summed E-state index contributed by atoms with van der Waals surface area (Å²) in [6.45, 7) is 2.26. The molecule has 0 saturated heterocycles. The third kappa shape index (κ3) is 6.33. The van der Waals surface area contributed by atoms with Gasteiger partial charge in [0, 0.05) is 12.1 Å². The van der Waals surface area contributed by atoms with Gasteiger partial charge in [0.1, 0.15) is 5.75 Å².